The number of benzene rings is 1. The maximum Gasteiger partial charge on any atom is 0.0116 e. The van der Waals surface area contributed by atoms with Crippen molar-refractivity contribution in [3.8, 4) is 0 Å². The Kier molecular flexibility index (Phi) is 5.11. The molecule has 0 aromatic heterocycles. The zero-order valence-electron chi connectivity index (χ0n) is 7.81. The van der Waals surface area contributed by atoms with Crippen molar-refractivity contribution < 1.29 is 0 Å². The van der Waals surface area contributed by atoms with Gasteiger partial charge in [0.15, 0.2) is 0 Å². The molecule has 0 saturated heterocycles. The molecule has 1 aromatic rings. The summed E-state index contributed by atoms with van der Waals surface area (Å²) in [6.07, 6.45) is 7.39. The monoisotopic (exact) mass is 190 g/mol. The van der Waals surface area contributed by atoms with Gasteiger partial charge in [0.25, 0.3) is 0 Å². The van der Waals surface area contributed by atoms with Crippen LogP contribution in [0.1, 0.15) is 13.3 Å². The van der Waals surface area contributed by atoms with E-state index in [2.05, 4.69) is 54.8 Å². The summed E-state index contributed by atoms with van der Waals surface area (Å²) in [7, 11) is 0. The highest BCUT2D eigenvalue weighted by Gasteiger charge is 1.84. The molecule has 0 aliphatic rings. The van der Waals surface area contributed by atoms with Gasteiger partial charge in [-0.1, -0.05) is 55.1 Å². The summed E-state index contributed by atoms with van der Waals surface area (Å²) in [6.45, 7) is 2.13. The molecule has 0 N–H and O–H groups in total. The average molecular weight is 190 g/mol. The van der Waals surface area contributed by atoms with Gasteiger partial charge in [-0.15, -0.1) is 0 Å². The first kappa shape index (κ1) is 10.1. The summed E-state index contributed by atoms with van der Waals surface area (Å²) in [5, 5.41) is 2.10. The molecule has 68 valence electrons. The van der Waals surface area contributed by atoms with Gasteiger partial charge in [0, 0.05) is 4.90 Å². The van der Waals surface area contributed by atoms with Crippen LogP contribution < -0.4 is 0 Å². The molecule has 13 heavy (non-hydrogen) atoms. The normalized spacial score (nSPS) is 11.5. The Balaban J connectivity index is 2.35. The van der Waals surface area contributed by atoms with E-state index in [-0.39, 0.29) is 0 Å². The molecular formula is C12H14S. The Labute approximate surface area is 84.4 Å². The summed E-state index contributed by atoms with van der Waals surface area (Å²) >= 11 is 1.74. The van der Waals surface area contributed by atoms with Crippen LogP contribution in [-0.4, -0.2) is 0 Å². The first-order valence-electron chi connectivity index (χ1n) is 4.47. The third-order valence-electron chi connectivity index (χ3n) is 1.51. The second-order valence-corrected chi connectivity index (χ2v) is 3.58. The topological polar surface area (TPSA) is 0 Å². The minimum Gasteiger partial charge on any atom is -0.0981 e. The molecule has 0 atom stereocenters. The van der Waals surface area contributed by atoms with E-state index in [1.165, 1.54) is 4.90 Å². The molecule has 1 rings (SSSR count). The Morgan fingerprint density at radius 2 is 1.92 bits per heavy atom. The predicted molar refractivity (Wildman–Crippen MR) is 60.9 cm³/mol. The Bertz CT molecular complexity index is 272. The lowest BCUT2D eigenvalue weighted by Gasteiger charge is -1.91. The van der Waals surface area contributed by atoms with Gasteiger partial charge < -0.3 is 0 Å². The molecule has 0 unspecified atom stereocenters. The van der Waals surface area contributed by atoms with Crippen molar-refractivity contribution in [2.45, 2.75) is 18.2 Å². The van der Waals surface area contributed by atoms with Gasteiger partial charge in [0.05, 0.1) is 0 Å². The van der Waals surface area contributed by atoms with Crippen molar-refractivity contribution in [1.29, 1.82) is 0 Å². The third kappa shape index (κ3) is 4.58. The fourth-order valence-electron chi connectivity index (χ4n) is 0.877. The molecule has 0 amide bonds. The smallest absolute Gasteiger partial charge is 0.0116 e. The van der Waals surface area contributed by atoms with Gasteiger partial charge in [-0.25, -0.2) is 0 Å². The van der Waals surface area contributed by atoms with E-state index in [1.807, 2.05) is 6.07 Å². The summed E-state index contributed by atoms with van der Waals surface area (Å²) in [6, 6.07) is 10.4. The van der Waals surface area contributed by atoms with E-state index in [4.69, 9.17) is 0 Å². The maximum absolute atomic E-state index is 2.14. The quantitative estimate of drug-likeness (QED) is 0.505. The minimum atomic E-state index is 1.10. The Morgan fingerprint density at radius 3 is 2.62 bits per heavy atom. The fraction of sp³-hybridized carbons (Fsp3) is 0.167. The number of rotatable bonds is 4. The lowest BCUT2D eigenvalue weighted by atomic mass is 10.4. The number of thioether (sulfide) groups is 1. The highest BCUT2D eigenvalue weighted by Crippen LogP contribution is 2.17. The van der Waals surface area contributed by atoms with Gasteiger partial charge in [-0.3, -0.25) is 0 Å². The van der Waals surface area contributed by atoms with Crippen LogP contribution in [0.3, 0.4) is 0 Å². The van der Waals surface area contributed by atoms with E-state index < -0.39 is 0 Å². The van der Waals surface area contributed by atoms with E-state index in [9.17, 15) is 0 Å². The van der Waals surface area contributed by atoms with Crippen molar-refractivity contribution >= 4 is 11.8 Å². The molecule has 1 aromatic carbocycles. The number of allylic oxidation sites excluding steroid dienone is 3. The van der Waals surface area contributed by atoms with E-state index in [0.29, 0.717) is 0 Å². The molecule has 0 radical (unpaired) electrons. The SMILES string of the molecule is CC/C=C/C=C/Sc1ccccc1. The van der Waals surface area contributed by atoms with Crippen molar-refractivity contribution in [3.63, 3.8) is 0 Å². The molecule has 0 bridgehead atoms. The summed E-state index contributed by atoms with van der Waals surface area (Å²) in [5.41, 5.74) is 0. The Hall–Kier alpha value is -0.950. The van der Waals surface area contributed by atoms with Crippen LogP contribution in [0.5, 0.6) is 0 Å². The molecule has 0 spiro atoms. The van der Waals surface area contributed by atoms with Crippen LogP contribution in [0.25, 0.3) is 0 Å². The third-order valence-corrected chi connectivity index (χ3v) is 2.35. The minimum absolute atomic E-state index is 1.10. The highest BCUT2D eigenvalue weighted by molar-refractivity contribution is 8.02. The van der Waals surface area contributed by atoms with Crippen LogP contribution in [-0.2, 0) is 0 Å². The lowest BCUT2D eigenvalue weighted by molar-refractivity contribution is 1.22. The first-order valence-corrected chi connectivity index (χ1v) is 5.35. The standard InChI is InChI=1S/C12H14S/c1-2-3-4-8-11-13-12-9-6-5-7-10-12/h3-11H,2H2,1H3/b4-3+,11-8+. The number of hydrogen-bond acceptors (Lipinski definition) is 1. The fourth-order valence-corrected chi connectivity index (χ4v) is 1.52. The molecule has 0 nitrogen and oxygen atoms in total. The van der Waals surface area contributed by atoms with Crippen LogP contribution in [0.2, 0.25) is 0 Å². The predicted octanol–water partition coefficient (Wildman–Crippen LogP) is 4.26. The van der Waals surface area contributed by atoms with Crippen LogP contribution in [0.4, 0.5) is 0 Å². The van der Waals surface area contributed by atoms with Crippen molar-refractivity contribution in [3.05, 3.63) is 54.0 Å². The van der Waals surface area contributed by atoms with E-state index in [0.717, 1.165) is 6.42 Å². The number of hydrogen-bond donors (Lipinski definition) is 0. The molecular weight excluding hydrogens is 176 g/mol. The van der Waals surface area contributed by atoms with Crippen LogP contribution in [0.15, 0.2) is 58.9 Å². The van der Waals surface area contributed by atoms with Gasteiger partial charge in [-0.2, -0.15) is 0 Å². The molecule has 1 heteroatoms. The van der Waals surface area contributed by atoms with Crippen molar-refractivity contribution in [1.82, 2.24) is 0 Å². The summed E-state index contributed by atoms with van der Waals surface area (Å²) < 4.78 is 0. The highest BCUT2D eigenvalue weighted by atomic mass is 32.2. The van der Waals surface area contributed by atoms with Crippen LogP contribution in [0, 0.1) is 0 Å². The molecule has 0 heterocycles. The first-order chi connectivity index (χ1) is 6.43. The second kappa shape index (κ2) is 6.55. The molecule has 0 aliphatic heterocycles. The summed E-state index contributed by atoms with van der Waals surface area (Å²) in [4.78, 5) is 1.28. The lowest BCUT2D eigenvalue weighted by Crippen LogP contribution is -1.63. The van der Waals surface area contributed by atoms with Gasteiger partial charge in [0.2, 0.25) is 0 Å². The van der Waals surface area contributed by atoms with E-state index in [1.54, 1.807) is 11.8 Å². The van der Waals surface area contributed by atoms with Gasteiger partial charge in [-0.05, 0) is 24.0 Å². The molecule has 0 saturated carbocycles. The zero-order chi connectivity index (χ0) is 9.36. The maximum atomic E-state index is 2.14. The van der Waals surface area contributed by atoms with E-state index >= 15 is 0 Å². The average Bonchev–Trinajstić information content (AvgIpc) is 2.19. The largest absolute Gasteiger partial charge is 0.0981 e. The summed E-state index contributed by atoms with van der Waals surface area (Å²) in [5.74, 6) is 0. The van der Waals surface area contributed by atoms with Crippen molar-refractivity contribution in [2.75, 3.05) is 0 Å². The second-order valence-electron chi connectivity index (χ2n) is 2.60. The van der Waals surface area contributed by atoms with Crippen LogP contribution >= 0.6 is 11.8 Å². The van der Waals surface area contributed by atoms with Crippen molar-refractivity contribution in [2.24, 2.45) is 0 Å². The Morgan fingerprint density at radius 1 is 1.15 bits per heavy atom. The van der Waals surface area contributed by atoms with Gasteiger partial charge in [0.1, 0.15) is 0 Å². The molecule has 0 fully saturated rings. The van der Waals surface area contributed by atoms with Gasteiger partial charge >= 0.3 is 0 Å². The molecule has 0 aliphatic carbocycles. The zero-order valence-corrected chi connectivity index (χ0v) is 8.63.